The number of carbonyl (C=O) groups is 3. The van der Waals surface area contributed by atoms with Gasteiger partial charge in [-0.15, -0.1) is 0 Å². The summed E-state index contributed by atoms with van der Waals surface area (Å²) in [6.07, 6.45) is -1.07. The summed E-state index contributed by atoms with van der Waals surface area (Å²) in [4.78, 5) is 33.5. The van der Waals surface area contributed by atoms with E-state index < -0.39 is 24.0 Å². The van der Waals surface area contributed by atoms with Crippen molar-refractivity contribution in [2.75, 3.05) is 13.7 Å². The zero-order valence-electron chi connectivity index (χ0n) is 11.0. The van der Waals surface area contributed by atoms with Crippen molar-refractivity contribution in [3.05, 3.63) is 35.9 Å². The van der Waals surface area contributed by atoms with Crippen LogP contribution >= 0.6 is 0 Å². The number of aliphatic hydroxyl groups excluding tert-OH is 1. The van der Waals surface area contributed by atoms with Gasteiger partial charge in [0.25, 0.3) is 0 Å². The minimum Gasteiger partial charge on any atom is -0.469 e. The molecule has 6 nitrogen and oxygen atoms in total. The standard InChI is InChI=1S/C14H16O6/c1-19-13(17)7-11(8-15)12(16)9-20-14(18)10-5-3-2-4-6-10/h2-6,8,11-12,16H,7,9H2,1H3/t11-,12+/m1/s1. The number of benzene rings is 1. The van der Waals surface area contributed by atoms with Crippen LogP contribution in [0, 0.1) is 5.92 Å². The molecule has 0 aliphatic heterocycles. The van der Waals surface area contributed by atoms with Crippen molar-refractivity contribution in [3.8, 4) is 0 Å². The van der Waals surface area contributed by atoms with Crippen LogP contribution in [-0.2, 0) is 19.1 Å². The molecule has 0 aliphatic rings. The van der Waals surface area contributed by atoms with E-state index in [1.54, 1.807) is 30.3 Å². The summed E-state index contributed by atoms with van der Waals surface area (Å²) in [7, 11) is 1.19. The molecule has 0 spiro atoms. The summed E-state index contributed by atoms with van der Waals surface area (Å²) in [5.74, 6) is -2.19. The van der Waals surface area contributed by atoms with Crippen LogP contribution in [-0.4, -0.2) is 43.2 Å². The largest absolute Gasteiger partial charge is 0.469 e. The van der Waals surface area contributed by atoms with E-state index in [0.717, 1.165) is 0 Å². The zero-order valence-corrected chi connectivity index (χ0v) is 11.0. The van der Waals surface area contributed by atoms with Gasteiger partial charge in [-0.25, -0.2) is 4.79 Å². The maximum absolute atomic E-state index is 11.6. The van der Waals surface area contributed by atoms with E-state index in [9.17, 15) is 19.5 Å². The number of ether oxygens (including phenoxy) is 2. The third-order valence-corrected chi connectivity index (χ3v) is 2.69. The Morgan fingerprint density at radius 1 is 1.30 bits per heavy atom. The van der Waals surface area contributed by atoms with Gasteiger partial charge in [0.15, 0.2) is 0 Å². The molecular formula is C14H16O6. The van der Waals surface area contributed by atoms with Crippen molar-refractivity contribution < 1.29 is 29.0 Å². The highest BCUT2D eigenvalue weighted by Crippen LogP contribution is 2.09. The normalized spacial score (nSPS) is 13.1. The fourth-order valence-corrected chi connectivity index (χ4v) is 1.49. The Bertz CT molecular complexity index is 456. The van der Waals surface area contributed by atoms with Crippen molar-refractivity contribution in [2.24, 2.45) is 5.92 Å². The van der Waals surface area contributed by atoms with E-state index in [1.807, 2.05) is 0 Å². The van der Waals surface area contributed by atoms with E-state index in [2.05, 4.69) is 4.74 Å². The zero-order chi connectivity index (χ0) is 15.0. The highest BCUT2D eigenvalue weighted by Gasteiger charge is 2.23. The summed E-state index contributed by atoms with van der Waals surface area (Å²) < 4.78 is 9.30. The molecule has 2 atom stereocenters. The maximum Gasteiger partial charge on any atom is 0.338 e. The summed E-state index contributed by atoms with van der Waals surface area (Å²) in [5, 5.41) is 9.73. The third kappa shape index (κ3) is 4.81. The van der Waals surface area contributed by atoms with E-state index in [1.165, 1.54) is 7.11 Å². The number of hydrogen-bond donors (Lipinski definition) is 1. The van der Waals surface area contributed by atoms with E-state index in [0.29, 0.717) is 11.8 Å². The number of aliphatic hydroxyl groups is 1. The highest BCUT2D eigenvalue weighted by molar-refractivity contribution is 5.89. The first kappa shape index (κ1) is 15.8. The molecule has 0 amide bonds. The average molecular weight is 280 g/mol. The molecule has 0 unspecified atom stereocenters. The van der Waals surface area contributed by atoms with Gasteiger partial charge in [-0.3, -0.25) is 4.79 Å². The van der Waals surface area contributed by atoms with Gasteiger partial charge in [0, 0.05) is 0 Å². The second kappa shape index (κ2) is 8.06. The maximum atomic E-state index is 11.6. The van der Waals surface area contributed by atoms with Gasteiger partial charge in [-0.1, -0.05) is 18.2 Å². The Kier molecular flexibility index (Phi) is 6.39. The van der Waals surface area contributed by atoms with E-state index in [-0.39, 0.29) is 13.0 Å². The van der Waals surface area contributed by atoms with Crippen LogP contribution in [0.25, 0.3) is 0 Å². The fraction of sp³-hybridized carbons (Fsp3) is 0.357. The number of rotatable bonds is 7. The minimum atomic E-state index is -1.25. The molecule has 0 heterocycles. The number of aldehydes is 1. The molecule has 0 radical (unpaired) electrons. The molecule has 20 heavy (non-hydrogen) atoms. The lowest BCUT2D eigenvalue weighted by molar-refractivity contribution is -0.144. The lowest BCUT2D eigenvalue weighted by atomic mass is 10.0. The van der Waals surface area contributed by atoms with Gasteiger partial charge in [-0.05, 0) is 12.1 Å². The SMILES string of the molecule is COC(=O)C[C@H](C=O)[C@@H](O)COC(=O)c1ccccc1. The van der Waals surface area contributed by atoms with Gasteiger partial charge in [0.2, 0.25) is 0 Å². The first-order valence-corrected chi connectivity index (χ1v) is 6.00. The fourth-order valence-electron chi connectivity index (χ4n) is 1.49. The predicted octanol–water partition coefficient (Wildman–Crippen LogP) is 0.582. The summed E-state index contributed by atoms with van der Waals surface area (Å²) in [6.45, 7) is -0.367. The summed E-state index contributed by atoms with van der Waals surface area (Å²) in [6, 6.07) is 8.25. The Morgan fingerprint density at radius 3 is 2.50 bits per heavy atom. The average Bonchev–Trinajstić information content (AvgIpc) is 2.50. The molecule has 0 fully saturated rings. The van der Waals surface area contributed by atoms with Gasteiger partial charge in [0.05, 0.1) is 31.1 Å². The minimum absolute atomic E-state index is 0.260. The Balaban J connectivity index is 2.49. The van der Waals surface area contributed by atoms with Crippen molar-refractivity contribution in [1.29, 1.82) is 0 Å². The van der Waals surface area contributed by atoms with Gasteiger partial charge < -0.3 is 19.4 Å². The molecule has 1 aromatic carbocycles. The molecule has 0 aliphatic carbocycles. The monoisotopic (exact) mass is 280 g/mol. The number of methoxy groups -OCH3 is 1. The second-order valence-corrected chi connectivity index (χ2v) is 4.11. The molecule has 0 saturated carbocycles. The lowest BCUT2D eigenvalue weighted by Crippen LogP contribution is -2.30. The highest BCUT2D eigenvalue weighted by atomic mass is 16.5. The Morgan fingerprint density at radius 2 is 1.95 bits per heavy atom. The predicted molar refractivity (Wildman–Crippen MR) is 68.9 cm³/mol. The topological polar surface area (TPSA) is 89.9 Å². The van der Waals surface area contributed by atoms with E-state index in [4.69, 9.17) is 4.74 Å². The molecule has 1 rings (SSSR count). The lowest BCUT2D eigenvalue weighted by Gasteiger charge is -2.16. The van der Waals surface area contributed by atoms with Crippen LogP contribution in [0.15, 0.2) is 30.3 Å². The summed E-state index contributed by atoms with van der Waals surface area (Å²) >= 11 is 0. The van der Waals surface area contributed by atoms with Gasteiger partial charge >= 0.3 is 11.9 Å². The number of esters is 2. The third-order valence-electron chi connectivity index (χ3n) is 2.69. The van der Waals surface area contributed by atoms with Crippen LogP contribution in [0.1, 0.15) is 16.8 Å². The van der Waals surface area contributed by atoms with Gasteiger partial charge in [-0.2, -0.15) is 0 Å². The van der Waals surface area contributed by atoms with Crippen molar-refractivity contribution in [1.82, 2.24) is 0 Å². The van der Waals surface area contributed by atoms with Crippen LogP contribution in [0.2, 0.25) is 0 Å². The first-order valence-electron chi connectivity index (χ1n) is 6.00. The molecule has 6 heteroatoms. The van der Waals surface area contributed by atoms with Crippen molar-refractivity contribution >= 4 is 18.2 Å². The molecular weight excluding hydrogens is 264 g/mol. The molecule has 1 N–H and O–H groups in total. The van der Waals surface area contributed by atoms with Crippen molar-refractivity contribution in [3.63, 3.8) is 0 Å². The summed E-state index contributed by atoms with van der Waals surface area (Å²) in [5.41, 5.74) is 0.343. The van der Waals surface area contributed by atoms with Crippen LogP contribution < -0.4 is 0 Å². The smallest absolute Gasteiger partial charge is 0.338 e. The van der Waals surface area contributed by atoms with Crippen LogP contribution in [0.5, 0.6) is 0 Å². The van der Waals surface area contributed by atoms with E-state index >= 15 is 0 Å². The molecule has 0 aromatic heterocycles. The Hall–Kier alpha value is -2.21. The first-order chi connectivity index (χ1) is 9.58. The Labute approximate surface area is 116 Å². The molecule has 1 aromatic rings. The molecule has 0 saturated heterocycles. The molecule has 0 bridgehead atoms. The number of hydrogen-bond acceptors (Lipinski definition) is 6. The molecule has 108 valence electrons. The van der Waals surface area contributed by atoms with Crippen molar-refractivity contribution in [2.45, 2.75) is 12.5 Å². The quantitative estimate of drug-likeness (QED) is 0.580. The van der Waals surface area contributed by atoms with Crippen LogP contribution in [0.3, 0.4) is 0 Å². The second-order valence-electron chi connectivity index (χ2n) is 4.11. The van der Waals surface area contributed by atoms with Crippen LogP contribution in [0.4, 0.5) is 0 Å². The number of carbonyl (C=O) groups excluding carboxylic acids is 3. The van der Waals surface area contributed by atoms with Gasteiger partial charge in [0.1, 0.15) is 12.9 Å².